The number of nitrogens with zero attached hydrogens (tertiary/aromatic N) is 4. The summed E-state index contributed by atoms with van der Waals surface area (Å²) in [5.41, 5.74) is 1.07. The Labute approximate surface area is 181 Å². The Kier molecular flexibility index (Phi) is 4.83. The van der Waals surface area contributed by atoms with Gasteiger partial charge >= 0.3 is 0 Å². The zero-order valence-corrected chi connectivity index (χ0v) is 17.2. The molecule has 2 unspecified atom stereocenters. The average Bonchev–Trinajstić information content (AvgIpc) is 3.39. The fourth-order valence-corrected chi connectivity index (χ4v) is 4.23. The number of rotatable bonds is 4. The third kappa shape index (κ3) is 3.19. The Morgan fingerprint density at radius 3 is 2.66 bits per heavy atom. The highest BCUT2D eigenvalue weighted by molar-refractivity contribution is 6.32. The number of aromatic nitrogens is 2. The lowest BCUT2D eigenvalue weighted by atomic mass is 9.90. The highest BCUT2D eigenvalue weighted by atomic mass is 19.3. The third-order valence-corrected chi connectivity index (χ3v) is 5.87. The molecule has 5 nitrogen and oxygen atoms in total. The Hall–Kier alpha value is -3.49. The lowest BCUT2D eigenvalue weighted by Gasteiger charge is -2.31. The summed E-state index contributed by atoms with van der Waals surface area (Å²) in [5, 5.41) is 7.06. The van der Waals surface area contributed by atoms with Gasteiger partial charge in [-0.05, 0) is 30.2 Å². The van der Waals surface area contributed by atoms with Gasteiger partial charge in [0, 0.05) is 17.3 Å². The first-order chi connectivity index (χ1) is 15.3. The van der Waals surface area contributed by atoms with Crippen LogP contribution in [0.1, 0.15) is 43.0 Å². The molecule has 1 N–H and O–H groups in total. The SMILES string of the molecule is CC(C)C1N=C2C=NC(c3ccc(F)c(C(F)F)c3)=CN2C1c1ccc2[nH]ncc2c1F. The lowest BCUT2D eigenvalue weighted by molar-refractivity contribution is 0.146. The Morgan fingerprint density at radius 1 is 1.09 bits per heavy atom. The second-order valence-corrected chi connectivity index (χ2v) is 8.18. The van der Waals surface area contributed by atoms with Crippen molar-refractivity contribution < 1.29 is 17.6 Å². The molecule has 9 heteroatoms. The van der Waals surface area contributed by atoms with Crippen molar-refractivity contribution in [2.75, 3.05) is 0 Å². The van der Waals surface area contributed by atoms with Gasteiger partial charge in [0.2, 0.25) is 0 Å². The van der Waals surface area contributed by atoms with Crippen molar-refractivity contribution in [3.8, 4) is 0 Å². The number of hydrogen-bond donors (Lipinski definition) is 1. The number of nitrogens with one attached hydrogen (secondary N) is 1. The van der Waals surface area contributed by atoms with Crippen LogP contribution in [-0.4, -0.2) is 33.2 Å². The third-order valence-electron chi connectivity index (χ3n) is 5.87. The zero-order chi connectivity index (χ0) is 22.6. The number of alkyl halides is 2. The van der Waals surface area contributed by atoms with Gasteiger partial charge in [0.05, 0.1) is 46.7 Å². The van der Waals surface area contributed by atoms with E-state index in [9.17, 15) is 13.2 Å². The largest absolute Gasteiger partial charge is 0.320 e. The second kappa shape index (κ2) is 7.58. The summed E-state index contributed by atoms with van der Waals surface area (Å²) in [4.78, 5) is 10.9. The van der Waals surface area contributed by atoms with Gasteiger partial charge in [-0.1, -0.05) is 19.9 Å². The van der Waals surface area contributed by atoms with Crippen molar-refractivity contribution >= 4 is 28.7 Å². The van der Waals surface area contributed by atoms with Crippen molar-refractivity contribution in [2.24, 2.45) is 15.9 Å². The number of H-pyrrole nitrogens is 1. The maximum Gasteiger partial charge on any atom is 0.266 e. The molecule has 0 saturated heterocycles. The molecule has 3 heterocycles. The van der Waals surface area contributed by atoms with E-state index in [-0.39, 0.29) is 17.8 Å². The highest BCUT2D eigenvalue weighted by Gasteiger charge is 2.40. The molecule has 2 atom stereocenters. The molecule has 0 fully saturated rings. The molecule has 5 rings (SSSR count). The summed E-state index contributed by atoms with van der Waals surface area (Å²) in [6.07, 6.45) is 1.69. The first kappa shape index (κ1) is 20.4. The molecule has 0 aliphatic carbocycles. The molecule has 1 aromatic heterocycles. The molecule has 0 bridgehead atoms. The van der Waals surface area contributed by atoms with Crippen molar-refractivity contribution in [3.63, 3.8) is 0 Å². The smallest absolute Gasteiger partial charge is 0.266 e. The van der Waals surface area contributed by atoms with Gasteiger partial charge in [0.25, 0.3) is 6.43 Å². The number of benzene rings is 2. The monoisotopic (exact) mass is 441 g/mol. The number of amidine groups is 1. The molecule has 32 heavy (non-hydrogen) atoms. The molecule has 0 saturated carbocycles. The van der Waals surface area contributed by atoms with Crippen LogP contribution in [0.25, 0.3) is 16.6 Å². The Bertz CT molecular complexity index is 1290. The van der Waals surface area contributed by atoms with Crippen molar-refractivity contribution in [3.05, 3.63) is 71.1 Å². The molecule has 2 aliphatic heterocycles. The second-order valence-electron chi connectivity index (χ2n) is 8.18. The maximum atomic E-state index is 15.4. The summed E-state index contributed by atoms with van der Waals surface area (Å²) in [5.74, 6) is -0.706. The van der Waals surface area contributed by atoms with E-state index >= 15 is 4.39 Å². The van der Waals surface area contributed by atoms with Gasteiger partial charge in [-0.2, -0.15) is 5.10 Å². The first-order valence-electron chi connectivity index (χ1n) is 10.2. The van der Waals surface area contributed by atoms with Crippen LogP contribution in [0, 0.1) is 17.6 Å². The number of halogens is 4. The predicted molar refractivity (Wildman–Crippen MR) is 115 cm³/mol. The van der Waals surface area contributed by atoms with Gasteiger partial charge in [-0.3, -0.25) is 15.1 Å². The summed E-state index contributed by atoms with van der Waals surface area (Å²) >= 11 is 0. The molecule has 0 spiro atoms. The molecular formula is C23H19F4N5. The van der Waals surface area contributed by atoms with Crippen LogP contribution in [0.2, 0.25) is 0 Å². The molecular weight excluding hydrogens is 422 g/mol. The molecule has 2 aromatic carbocycles. The minimum Gasteiger partial charge on any atom is -0.320 e. The van der Waals surface area contributed by atoms with Crippen LogP contribution >= 0.6 is 0 Å². The summed E-state index contributed by atoms with van der Waals surface area (Å²) in [6, 6.07) is 6.26. The predicted octanol–water partition coefficient (Wildman–Crippen LogP) is 5.64. The van der Waals surface area contributed by atoms with Crippen molar-refractivity contribution in [1.29, 1.82) is 0 Å². The standard InChI is InChI=1S/C23H19F4N5/c1-11(2)21-22(13-4-6-17-15(20(13)25)8-29-31-17)32-10-18(28-9-19(32)30-21)12-3-5-16(24)14(7-12)23(26)27/h3-11,21-23H,1-2H3,(H,29,31). The lowest BCUT2D eigenvalue weighted by Crippen LogP contribution is -2.33. The van der Waals surface area contributed by atoms with E-state index < -0.39 is 23.8 Å². The topological polar surface area (TPSA) is 56.6 Å². The average molecular weight is 441 g/mol. The van der Waals surface area contributed by atoms with Crippen LogP contribution in [0.4, 0.5) is 17.6 Å². The quantitative estimate of drug-likeness (QED) is 0.533. The first-order valence-corrected chi connectivity index (χ1v) is 10.2. The molecule has 0 amide bonds. The highest BCUT2D eigenvalue weighted by Crippen LogP contribution is 2.41. The van der Waals surface area contributed by atoms with E-state index in [0.29, 0.717) is 33.6 Å². The number of aliphatic imine (C=N–C) groups is 2. The zero-order valence-electron chi connectivity index (χ0n) is 17.2. The van der Waals surface area contributed by atoms with E-state index in [2.05, 4.69) is 15.2 Å². The van der Waals surface area contributed by atoms with Gasteiger partial charge in [-0.25, -0.2) is 17.6 Å². The van der Waals surface area contributed by atoms with Crippen LogP contribution in [0.5, 0.6) is 0 Å². The minimum absolute atomic E-state index is 0.0963. The minimum atomic E-state index is -2.94. The van der Waals surface area contributed by atoms with E-state index in [4.69, 9.17) is 4.99 Å². The van der Waals surface area contributed by atoms with Crippen LogP contribution in [-0.2, 0) is 0 Å². The van der Waals surface area contributed by atoms with Gasteiger partial charge in [0.15, 0.2) is 0 Å². The van der Waals surface area contributed by atoms with E-state index in [1.54, 1.807) is 18.3 Å². The van der Waals surface area contributed by atoms with Crippen LogP contribution in [0.15, 0.2) is 52.7 Å². The maximum absolute atomic E-state index is 15.4. The molecule has 164 valence electrons. The van der Waals surface area contributed by atoms with Gasteiger partial charge < -0.3 is 4.90 Å². The number of hydrogen-bond acceptors (Lipinski definition) is 4. The van der Waals surface area contributed by atoms with E-state index in [0.717, 1.165) is 12.1 Å². The number of aromatic amines is 1. The van der Waals surface area contributed by atoms with Gasteiger partial charge in [0.1, 0.15) is 17.5 Å². The Morgan fingerprint density at radius 2 is 1.91 bits per heavy atom. The molecule has 0 radical (unpaired) electrons. The summed E-state index contributed by atoms with van der Waals surface area (Å²) in [6.45, 7) is 4.01. The fourth-order valence-electron chi connectivity index (χ4n) is 4.23. The summed E-state index contributed by atoms with van der Waals surface area (Å²) in [7, 11) is 0. The fraction of sp³-hybridized carbons (Fsp3) is 0.261. The van der Waals surface area contributed by atoms with Crippen LogP contribution < -0.4 is 0 Å². The van der Waals surface area contributed by atoms with E-state index in [1.807, 2.05) is 18.7 Å². The van der Waals surface area contributed by atoms with Crippen molar-refractivity contribution in [2.45, 2.75) is 32.4 Å². The van der Waals surface area contributed by atoms with Crippen molar-refractivity contribution in [1.82, 2.24) is 15.1 Å². The summed E-state index contributed by atoms with van der Waals surface area (Å²) < 4.78 is 55.6. The molecule has 2 aliphatic rings. The van der Waals surface area contributed by atoms with Crippen LogP contribution in [0.3, 0.4) is 0 Å². The Balaban J connectivity index is 1.60. The number of fused-ring (bicyclic) bond motifs is 2. The van der Waals surface area contributed by atoms with Gasteiger partial charge in [-0.15, -0.1) is 0 Å². The molecule has 3 aromatic rings. The normalized spacial score (nSPS) is 20.3. The van der Waals surface area contributed by atoms with E-state index in [1.165, 1.54) is 18.5 Å².